The standard InChI is InChI=1S/C24H19Cl2N3O2/c25-18-5-1-15(2-6-18)21-14-29(28-23(21)16-3-7-19(26)8-4-16)24(30)27-20-9-10-22-17(13-20)11-12-31-22/h1-10,13,28H,11-12,14H2,(H,27,30). The molecule has 2 aliphatic heterocycles. The maximum absolute atomic E-state index is 13.0. The number of nitrogens with one attached hydrogen (secondary N) is 2. The Morgan fingerprint density at radius 1 is 0.935 bits per heavy atom. The molecule has 5 rings (SSSR count). The van der Waals surface area contributed by atoms with Crippen LogP contribution in [0.3, 0.4) is 0 Å². The van der Waals surface area contributed by atoms with Crippen LogP contribution in [0.15, 0.2) is 66.7 Å². The van der Waals surface area contributed by atoms with E-state index >= 15 is 0 Å². The first kappa shape index (κ1) is 19.8. The molecule has 7 heteroatoms. The molecule has 3 aromatic carbocycles. The average Bonchev–Trinajstić information content (AvgIpc) is 3.42. The van der Waals surface area contributed by atoms with Crippen LogP contribution >= 0.6 is 23.2 Å². The maximum atomic E-state index is 13.0. The van der Waals surface area contributed by atoms with E-state index in [9.17, 15) is 4.79 Å². The molecule has 2 amide bonds. The van der Waals surface area contributed by atoms with E-state index in [4.69, 9.17) is 27.9 Å². The smallest absolute Gasteiger partial charge is 0.340 e. The first-order chi connectivity index (χ1) is 15.1. The van der Waals surface area contributed by atoms with E-state index in [0.29, 0.717) is 23.2 Å². The summed E-state index contributed by atoms with van der Waals surface area (Å²) in [6.07, 6.45) is 0.851. The summed E-state index contributed by atoms with van der Waals surface area (Å²) in [7, 11) is 0. The Morgan fingerprint density at radius 2 is 1.61 bits per heavy atom. The molecule has 0 spiro atoms. The van der Waals surface area contributed by atoms with Gasteiger partial charge in [-0.05, 0) is 59.2 Å². The number of fused-ring (bicyclic) bond motifs is 1. The van der Waals surface area contributed by atoms with Gasteiger partial charge in [-0.3, -0.25) is 5.43 Å². The molecule has 0 radical (unpaired) electrons. The number of anilines is 1. The topological polar surface area (TPSA) is 53.6 Å². The van der Waals surface area contributed by atoms with Crippen LogP contribution in [0.5, 0.6) is 5.75 Å². The van der Waals surface area contributed by atoms with Gasteiger partial charge in [-0.25, -0.2) is 9.80 Å². The summed E-state index contributed by atoms with van der Waals surface area (Å²) in [5, 5.41) is 5.87. The Kier molecular flexibility index (Phi) is 5.22. The second-order valence-corrected chi connectivity index (χ2v) is 8.29. The molecule has 0 fully saturated rings. The quantitative estimate of drug-likeness (QED) is 0.524. The van der Waals surface area contributed by atoms with Gasteiger partial charge in [0.25, 0.3) is 0 Å². The third-order valence-electron chi connectivity index (χ3n) is 5.38. The van der Waals surface area contributed by atoms with Gasteiger partial charge in [0.05, 0.1) is 18.8 Å². The van der Waals surface area contributed by atoms with Gasteiger partial charge >= 0.3 is 6.03 Å². The molecule has 156 valence electrons. The molecule has 2 N–H and O–H groups in total. The summed E-state index contributed by atoms with van der Waals surface area (Å²) in [5.74, 6) is 0.883. The molecule has 0 atom stereocenters. The summed E-state index contributed by atoms with van der Waals surface area (Å²) in [5.41, 5.74) is 8.90. The first-order valence-corrected chi connectivity index (χ1v) is 10.7. The van der Waals surface area contributed by atoms with Gasteiger partial charge in [-0.2, -0.15) is 0 Å². The number of nitrogens with zero attached hydrogens (tertiary/aromatic N) is 1. The number of ether oxygens (including phenoxy) is 1. The molecule has 0 bridgehead atoms. The number of carbonyl (C=O) groups is 1. The Hall–Kier alpha value is -3.15. The van der Waals surface area contributed by atoms with Gasteiger partial charge in [0, 0.05) is 27.7 Å². The zero-order valence-electron chi connectivity index (χ0n) is 16.5. The lowest BCUT2D eigenvalue weighted by molar-refractivity contribution is 0.210. The van der Waals surface area contributed by atoms with Crippen LogP contribution < -0.4 is 15.5 Å². The molecule has 0 aliphatic carbocycles. The number of carbonyl (C=O) groups excluding carboxylic acids is 1. The number of urea groups is 1. The Bertz CT molecular complexity index is 1120. The highest BCUT2D eigenvalue weighted by Gasteiger charge is 2.28. The zero-order valence-corrected chi connectivity index (χ0v) is 18.0. The lowest BCUT2D eigenvalue weighted by Gasteiger charge is -2.19. The van der Waals surface area contributed by atoms with E-state index in [1.807, 2.05) is 66.7 Å². The van der Waals surface area contributed by atoms with Crippen LogP contribution in [0.4, 0.5) is 10.5 Å². The van der Waals surface area contributed by atoms with Gasteiger partial charge in [-0.15, -0.1) is 0 Å². The second kappa shape index (κ2) is 8.17. The molecule has 31 heavy (non-hydrogen) atoms. The van der Waals surface area contributed by atoms with Crippen molar-refractivity contribution in [1.29, 1.82) is 0 Å². The molecular weight excluding hydrogens is 433 g/mol. The highest BCUT2D eigenvalue weighted by molar-refractivity contribution is 6.31. The summed E-state index contributed by atoms with van der Waals surface area (Å²) >= 11 is 12.1. The number of amides is 2. The largest absolute Gasteiger partial charge is 0.493 e. The van der Waals surface area contributed by atoms with Crippen molar-refractivity contribution in [3.8, 4) is 5.75 Å². The molecule has 0 saturated carbocycles. The van der Waals surface area contributed by atoms with E-state index in [2.05, 4.69) is 10.7 Å². The number of hydrogen-bond acceptors (Lipinski definition) is 3. The van der Waals surface area contributed by atoms with Gasteiger partial charge in [0.1, 0.15) is 5.75 Å². The van der Waals surface area contributed by atoms with Crippen molar-refractivity contribution in [3.63, 3.8) is 0 Å². The minimum atomic E-state index is -0.241. The normalized spacial score (nSPS) is 14.8. The molecule has 5 nitrogen and oxygen atoms in total. The van der Waals surface area contributed by atoms with Crippen LogP contribution in [0, 0.1) is 0 Å². The van der Waals surface area contributed by atoms with Crippen molar-refractivity contribution in [2.45, 2.75) is 6.42 Å². The second-order valence-electron chi connectivity index (χ2n) is 7.42. The van der Waals surface area contributed by atoms with Crippen LogP contribution in [0.25, 0.3) is 11.3 Å². The lowest BCUT2D eigenvalue weighted by atomic mass is 10.0. The van der Waals surface area contributed by atoms with Crippen molar-refractivity contribution < 1.29 is 9.53 Å². The van der Waals surface area contributed by atoms with Crippen molar-refractivity contribution in [2.75, 3.05) is 18.5 Å². The van der Waals surface area contributed by atoms with Gasteiger partial charge in [-0.1, -0.05) is 47.5 Å². The van der Waals surface area contributed by atoms with Crippen LogP contribution in [0.2, 0.25) is 10.0 Å². The van der Waals surface area contributed by atoms with E-state index in [0.717, 1.165) is 45.8 Å². The van der Waals surface area contributed by atoms with Crippen molar-refractivity contribution >= 4 is 46.2 Å². The number of hydrogen-bond donors (Lipinski definition) is 2. The summed E-state index contributed by atoms with van der Waals surface area (Å²) in [6, 6.07) is 20.6. The number of benzene rings is 3. The number of rotatable bonds is 3. The molecule has 2 heterocycles. The molecule has 0 unspecified atom stereocenters. The van der Waals surface area contributed by atoms with E-state index < -0.39 is 0 Å². The minimum absolute atomic E-state index is 0.241. The van der Waals surface area contributed by atoms with E-state index in [1.165, 1.54) is 0 Å². The molecule has 3 aromatic rings. The van der Waals surface area contributed by atoms with Gasteiger partial charge < -0.3 is 10.1 Å². The first-order valence-electron chi connectivity index (χ1n) is 9.93. The van der Waals surface area contributed by atoms with E-state index in [1.54, 1.807) is 5.01 Å². The lowest BCUT2D eigenvalue weighted by Crippen LogP contribution is -2.40. The predicted molar refractivity (Wildman–Crippen MR) is 124 cm³/mol. The van der Waals surface area contributed by atoms with E-state index in [-0.39, 0.29) is 6.03 Å². The highest BCUT2D eigenvalue weighted by atomic mass is 35.5. The van der Waals surface area contributed by atoms with Crippen molar-refractivity contribution in [3.05, 3.63) is 93.5 Å². The Balaban J connectivity index is 1.41. The monoisotopic (exact) mass is 451 g/mol. The van der Waals surface area contributed by atoms with Crippen LogP contribution in [-0.2, 0) is 6.42 Å². The van der Waals surface area contributed by atoms with Gasteiger partial charge in [0.15, 0.2) is 0 Å². The van der Waals surface area contributed by atoms with Crippen molar-refractivity contribution in [1.82, 2.24) is 10.4 Å². The molecular formula is C24H19Cl2N3O2. The van der Waals surface area contributed by atoms with Crippen LogP contribution in [0.1, 0.15) is 16.7 Å². The third kappa shape index (κ3) is 4.07. The van der Waals surface area contributed by atoms with Crippen LogP contribution in [-0.4, -0.2) is 24.2 Å². The predicted octanol–water partition coefficient (Wildman–Crippen LogP) is 5.85. The zero-order chi connectivity index (χ0) is 21.4. The fraction of sp³-hybridized carbons (Fsp3) is 0.125. The number of hydrazine groups is 1. The maximum Gasteiger partial charge on any atom is 0.340 e. The molecule has 0 aromatic heterocycles. The Morgan fingerprint density at radius 3 is 2.32 bits per heavy atom. The minimum Gasteiger partial charge on any atom is -0.493 e. The third-order valence-corrected chi connectivity index (χ3v) is 5.88. The average molecular weight is 452 g/mol. The SMILES string of the molecule is O=C(Nc1ccc2c(c1)CCO2)N1CC(c2ccc(Cl)cc2)=C(c2ccc(Cl)cc2)N1. The molecule has 0 saturated heterocycles. The number of halogens is 2. The van der Waals surface area contributed by atoms with Crippen molar-refractivity contribution in [2.24, 2.45) is 0 Å². The fourth-order valence-electron chi connectivity index (χ4n) is 3.80. The molecule has 2 aliphatic rings. The highest BCUT2D eigenvalue weighted by Crippen LogP contribution is 2.32. The Labute approximate surface area is 190 Å². The summed E-state index contributed by atoms with van der Waals surface area (Å²) in [6.45, 7) is 1.08. The fourth-order valence-corrected chi connectivity index (χ4v) is 4.05. The summed E-state index contributed by atoms with van der Waals surface area (Å²) < 4.78 is 5.54. The van der Waals surface area contributed by atoms with Gasteiger partial charge in [0.2, 0.25) is 0 Å². The summed E-state index contributed by atoms with van der Waals surface area (Å²) in [4.78, 5) is 13.0.